The van der Waals surface area contributed by atoms with Crippen LogP contribution in [0.3, 0.4) is 0 Å². The van der Waals surface area contributed by atoms with Gasteiger partial charge in [0.05, 0.1) is 0 Å². The summed E-state index contributed by atoms with van der Waals surface area (Å²) in [6.45, 7) is 30.2. The summed E-state index contributed by atoms with van der Waals surface area (Å²) < 4.78 is 0. The van der Waals surface area contributed by atoms with Gasteiger partial charge in [-0.25, -0.2) is 0 Å². The molecule has 0 rings (SSSR count). The van der Waals surface area contributed by atoms with Gasteiger partial charge in [0, 0.05) is 0 Å². The molecular weight excluding hydrogens is 398 g/mol. The fourth-order valence-electron chi connectivity index (χ4n) is 1.39. The molecule has 0 fully saturated rings. The van der Waals surface area contributed by atoms with Gasteiger partial charge in [0.25, 0.3) is 0 Å². The molecule has 0 saturated carbocycles. The molecule has 4 nitrogen and oxygen atoms in total. The lowest BCUT2D eigenvalue weighted by atomic mass is 10.4. The van der Waals surface area contributed by atoms with Crippen LogP contribution >= 0.6 is 0 Å². The topological polar surface area (TPSA) is 30.9 Å². The molecule has 0 aromatic carbocycles. The van der Waals surface area contributed by atoms with Crippen LogP contribution in [-0.2, 0) is 14.5 Å². The summed E-state index contributed by atoms with van der Waals surface area (Å²) in [4.78, 5) is 17.0. The molecule has 180 valence electrons. The van der Waals surface area contributed by atoms with Crippen LogP contribution in [0.2, 0.25) is 0 Å². The highest BCUT2D eigenvalue weighted by Gasteiger charge is 2.14. The van der Waals surface area contributed by atoms with Crippen LogP contribution in [0.5, 0.6) is 0 Å². The second-order valence-electron chi connectivity index (χ2n) is 4.47. The highest BCUT2D eigenvalue weighted by Crippen LogP contribution is 2.15. The molecule has 0 spiro atoms. The van der Waals surface area contributed by atoms with Crippen molar-refractivity contribution in [2.45, 2.75) is 55.4 Å². The van der Waals surface area contributed by atoms with Gasteiger partial charge in [-0.05, 0) is 50.3 Å². The molecule has 0 atom stereocenters. The van der Waals surface area contributed by atoms with Crippen molar-refractivity contribution < 1.29 is 14.5 Å². The van der Waals surface area contributed by atoms with Crippen LogP contribution in [-0.4, -0.2) is 5.39 Å². The Morgan fingerprint density at radius 2 is 0.844 bits per heavy atom. The van der Waals surface area contributed by atoms with E-state index in [1.807, 2.05) is 55.4 Å². The first-order valence-corrected chi connectivity index (χ1v) is 11.0. The molecule has 0 amide bonds. The van der Waals surface area contributed by atoms with Gasteiger partial charge < -0.3 is 14.5 Å². The van der Waals surface area contributed by atoms with Gasteiger partial charge in [-0.1, -0.05) is 110 Å². The lowest BCUT2D eigenvalue weighted by Crippen LogP contribution is -2.23. The maximum Gasteiger partial charge on any atom is 0.234 e. The summed E-state index contributed by atoms with van der Waals surface area (Å²) in [5.41, 5.74) is 0. The molecule has 0 N–H and O–H groups in total. The first kappa shape index (κ1) is 36.2. The number of hydrogen-bond acceptors (Lipinski definition) is 4. The van der Waals surface area contributed by atoms with Crippen LogP contribution in [0.15, 0.2) is 123 Å². The van der Waals surface area contributed by atoms with Gasteiger partial charge in [-0.2, -0.15) is 0 Å². The Bertz CT molecular complexity index is 612. The number of allylic oxidation sites excluding steroid dienone is 13. The Morgan fingerprint density at radius 1 is 0.531 bits per heavy atom. The molecular formula is C28H45NO3. The third-order valence-corrected chi connectivity index (χ3v) is 2.58. The van der Waals surface area contributed by atoms with Crippen LogP contribution in [0.4, 0.5) is 0 Å². The van der Waals surface area contributed by atoms with E-state index >= 15 is 0 Å². The van der Waals surface area contributed by atoms with Gasteiger partial charge >= 0.3 is 0 Å². The van der Waals surface area contributed by atoms with Crippen LogP contribution in [0, 0.1) is 0 Å². The Morgan fingerprint density at radius 3 is 1.12 bits per heavy atom. The molecule has 0 radical (unpaired) electrons. The van der Waals surface area contributed by atoms with Crippen molar-refractivity contribution in [2.75, 3.05) is 0 Å². The van der Waals surface area contributed by atoms with Crippen molar-refractivity contribution in [1.29, 1.82) is 0 Å². The fraction of sp³-hybridized carbons (Fsp3) is 0.286. The van der Waals surface area contributed by atoms with Crippen molar-refractivity contribution in [3.05, 3.63) is 123 Å². The summed E-state index contributed by atoms with van der Waals surface area (Å²) in [5, 5.41) is 0.897. The quantitative estimate of drug-likeness (QED) is 0.161. The van der Waals surface area contributed by atoms with Crippen molar-refractivity contribution in [3.8, 4) is 0 Å². The zero-order valence-corrected chi connectivity index (χ0v) is 21.5. The van der Waals surface area contributed by atoms with E-state index < -0.39 is 0 Å². The normalized spacial score (nSPS) is 11.5. The molecule has 0 aliphatic heterocycles. The lowest BCUT2D eigenvalue weighted by Gasteiger charge is -2.21. The molecule has 0 aliphatic carbocycles. The predicted molar refractivity (Wildman–Crippen MR) is 143 cm³/mol. The standard InChI is InChI=1S/C22H27NO3.3C2H6/c1-7-13-17-20(11-5)24-23(25-21(12-6)18-14-8-2)26-22(16-10-4)19-15-9-3;3*1-2/h7-19H,1-4H2,5-6H3;3*1-2H3/b17-13-,18-14-,19-15-,20-11+,21-12+,22-16+;;;. The minimum atomic E-state index is 0.436. The number of rotatable bonds is 13. The molecule has 0 heterocycles. The molecule has 32 heavy (non-hydrogen) atoms. The largest absolute Gasteiger partial charge is 0.340 e. The third-order valence-electron chi connectivity index (χ3n) is 2.58. The molecule has 0 aromatic heterocycles. The first-order valence-electron chi connectivity index (χ1n) is 11.0. The average Bonchev–Trinajstić information content (AvgIpc) is 2.86. The molecule has 0 saturated heterocycles. The molecule has 0 aromatic rings. The highest BCUT2D eigenvalue weighted by molar-refractivity contribution is 5.20. The van der Waals surface area contributed by atoms with Crippen molar-refractivity contribution >= 4 is 0 Å². The van der Waals surface area contributed by atoms with E-state index in [2.05, 4.69) is 26.3 Å². The molecule has 0 unspecified atom stereocenters. The Kier molecular flexibility index (Phi) is 36.6. The van der Waals surface area contributed by atoms with Gasteiger partial charge in [-0.3, -0.25) is 0 Å². The third kappa shape index (κ3) is 23.0. The van der Waals surface area contributed by atoms with Crippen LogP contribution in [0.1, 0.15) is 55.4 Å². The Labute approximate surface area is 198 Å². The predicted octanol–water partition coefficient (Wildman–Crippen LogP) is 9.27. The molecule has 0 bridgehead atoms. The zero-order chi connectivity index (χ0) is 25.6. The van der Waals surface area contributed by atoms with E-state index in [9.17, 15) is 0 Å². The maximum absolute atomic E-state index is 5.66. The van der Waals surface area contributed by atoms with E-state index in [1.54, 1.807) is 79.0 Å². The van der Waals surface area contributed by atoms with E-state index in [-0.39, 0.29) is 0 Å². The van der Waals surface area contributed by atoms with E-state index in [0.717, 1.165) is 5.39 Å². The highest BCUT2D eigenvalue weighted by atomic mass is 17.2. The van der Waals surface area contributed by atoms with Crippen molar-refractivity contribution in [1.82, 2.24) is 5.39 Å². The molecule has 4 heteroatoms. The van der Waals surface area contributed by atoms with Crippen molar-refractivity contribution in [2.24, 2.45) is 0 Å². The fourth-order valence-corrected chi connectivity index (χ4v) is 1.39. The Hall–Kier alpha value is -3.24. The second-order valence-corrected chi connectivity index (χ2v) is 4.47. The van der Waals surface area contributed by atoms with Gasteiger partial charge in [0.1, 0.15) is 0 Å². The average molecular weight is 444 g/mol. The zero-order valence-electron chi connectivity index (χ0n) is 21.5. The number of hydrogen-bond donors (Lipinski definition) is 0. The van der Waals surface area contributed by atoms with E-state index in [4.69, 9.17) is 14.5 Å². The molecule has 0 aliphatic rings. The second kappa shape index (κ2) is 32.4. The summed E-state index contributed by atoms with van der Waals surface area (Å²) in [6, 6.07) is 0. The van der Waals surface area contributed by atoms with Crippen LogP contribution in [0.25, 0.3) is 0 Å². The van der Waals surface area contributed by atoms with Gasteiger partial charge in [0.15, 0.2) is 17.3 Å². The van der Waals surface area contributed by atoms with Crippen molar-refractivity contribution in [3.63, 3.8) is 0 Å². The first-order chi connectivity index (χ1) is 15.6. The minimum Gasteiger partial charge on any atom is -0.340 e. The summed E-state index contributed by atoms with van der Waals surface area (Å²) >= 11 is 0. The minimum absolute atomic E-state index is 0.436. The monoisotopic (exact) mass is 443 g/mol. The summed E-state index contributed by atoms with van der Waals surface area (Å²) in [5.74, 6) is 1.43. The smallest absolute Gasteiger partial charge is 0.234 e. The summed E-state index contributed by atoms with van der Waals surface area (Å²) in [7, 11) is 0. The van der Waals surface area contributed by atoms with Gasteiger partial charge in [-0.15, -0.1) is 0 Å². The lowest BCUT2D eigenvalue weighted by molar-refractivity contribution is -0.483. The maximum atomic E-state index is 5.66. The SMILES string of the molecule is C=C/C=C\C(=C/C)ON(OC(/C=C\C=C)=C/C)OC(/C=C\C=C)=C/C=C.CC.CC.CC. The van der Waals surface area contributed by atoms with E-state index in [1.165, 1.54) is 0 Å². The van der Waals surface area contributed by atoms with E-state index in [0.29, 0.717) is 17.3 Å². The number of nitrogens with zero attached hydrogens (tertiary/aromatic N) is 1. The van der Waals surface area contributed by atoms with Gasteiger partial charge in [0.2, 0.25) is 5.39 Å². The Balaban J connectivity index is -0.000000597. The summed E-state index contributed by atoms with van der Waals surface area (Å²) in [6.07, 6.45) is 22.0. The van der Waals surface area contributed by atoms with Crippen LogP contribution < -0.4 is 0 Å².